The molecule has 0 aliphatic carbocycles. The maximum atomic E-state index is 12.9. The number of amides is 2. The van der Waals surface area contributed by atoms with Crippen molar-refractivity contribution in [1.82, 2.24) is 9.80 Å². The van der Waals surface area contributed by atoms with E-state index in [4.69, 9.17) is 9.47 Å². The molecule has 0 aromatic heterocycles. The summed E-state index contributed by atoms with van der Waals surface area (Å²) in [5, 5.41) is 0. The van der Waals surface area contributed by atoms with Crippen molar-refractivity contribution in [3.63, 3.8) is 0 Å². The Kier molecular flexibility index (Phi) is 6.51. The first kappa shape index (κ1) is 20.1. The predicted molar refractivity (Wildman–Crippen MR) is 100 cm³/mol. The normalized spacial score (nSPS) is 17.1. The first-order valence-electron chi connectivity index (χ1n) is 9.17. The quantitative estimate of drug-likeness (QED) is 0.805. The Morgan fingerprint density at radius 1 is 1.23 bits per heavy atom. The lowest BCUT2D eigenvalue weighted by atomic mass is 10.1. The third-order valence-corrected chi connectivity index (χ3v) is 4.20. The van der Waals surface area contributed by atoms with Crippen molar-refractivity contribution in [2.75, 3.05) is 20.2 Å². The summed E-state index contributed by atoms with van der Waals surface area (Å²) in [6, 6.07) is 7.27. The van der Waals surface area contributed by atoms with Crippen molar-refractivity contribution in [3.05, 3.63) is 29.8 Å². The number of nitrogens with zero attached hydrogens (tertiary/aromatic N) is 2. The van der Waals surface area contributed by atoms with Crippen LogP contribution in [0.4, 0.5) is 4.79 Å². The number of hydrogen-bond donors (Lipinski definition) is 0. The molecule has 1 fully saturated rings. The summed E-state index contributed by atoms with van der Waals surface area (Å²) in [4.78, 5) is 28.5. The molecule has 1 aromatic rings. The van der Waals surface area contributed by atoms with E-state index >= 15 is 0 Å². The van der Waals surface area contributed by atoms with E-state index in [0.29, 0.717) is 26.1 Å². The fraction of sp³-hybridized carbons (Fsp3) is 0.600. The van der Waals surface area contributed by atoms with Crippen LogP contribution in [0.5, 0.6) is 5.75 Å². The number of carbonyl (C=O) groups is 2. The van der Waals surface area contributed by atoms with Gasteiger partial charge in [0.2, 0.25) is 5.91 Å². The molecule has 0 saturated carbocycles. The molecule has 1 saturated heterocycles. The lowest BCUT2D eigenvalue weighted by Crippen LogP contribution is -2.47. The van der Waals surface area contributed by atoms with Crippen LogP contribution in [0, 0.1) is 0 Å². The van der Waals surface area contributed by atoms with Crippen LogP contribution in [-0.2, 0) is 16.1 Å². The van der Waals surface area contributed by atoms with Crippen molar-refractivity contribution in [2.45, 2.75) is 58.7 Å². The van der Waals surface area contributed by atoms with Gasteiger partial charge in [0.05, 0.1) is 6.61 Å². The summed E-state index contributed by atoms with van der Waals surface area (Å²) in [6.07, 6.45) is 1.07. The summed E-state index contributed by atoms with van der Waals surface area (Å²) >= 11 is 0. The zero-order chi connectivity index (χ0) is 19.3. The molecule has 1 aliphatic rings. The van der Waals surface area contributed by atoms with Crippen LogP contribution in [-0.4, -0.2) is 53.6 Å². The van der Waals surface area contributed by atoms with E-state index < -0.39 is 17.7 Å². The molecule has 1 heterocycles. The lowest BCUT2D eigenvalue weighted by Gasteiger charge is -2.30. The van der Waals surface area contributed by atoms with Gasteiger partial charge in [-0.3, -0.25) is 9.69 Å². The molecule has 1 aliphatic heterocycles. The van der Waals surface area contributed by atoms with Crippen molar-refractivity contribution in [2.24, 2.45) is 0 Å². The molecule has 0 bridgehead atoms. The van der Waals surface area contributed by atoms with Crippen LogP contribution < -0.4 is 4.74 Å². The Labute approximate surface area is 156 Å². The van der Waals surface area contributed by atoms with Crippen LogP contribution in [0.25, 0.3) is 0 Å². The average molecular weight is 362 g/mol. The molecule has 2 amide bonds. The summed E-state index contributed by atoms with van der Waals surface area (Å²) in [5.41, 5.74) is 0.452. The van der Waals surface area contributed by atoms with Gasteiger partial charge in [0.15, 0.2) is 0 Å². The molecule has 0 spiro atoms. The van der Waals surface area contributed by atoms with E-state index in [2.05, 4.69) is 0 Å². The number of likely N-dealkylation sites (tertiary alicyclic amines) is 1. The molecule has 144 valence electrons. The van der Waals surface area contributed by atoms with Crippen molar-refractivity contribution < 1.29 is 19.1 Å². The minimum atomic E-state index is -0.568. The van der Waals surface area contributed by atoms with Crippen LogP contribution >= 0.6 is 0 Å². The number of ether oxygens (including phenoxy) is 2. The SMILES string of the molecule is CCOc1ccc(CN(C)C(=O)C2CCCN2C(=O)OC(C)(C)C)cc1. The highest BCUT2D eigenvalue weighted by atomic mass is 16.6. The van der Waals surface area contributed by atoms with E-state index in [9.17, 15) is 9.59 Å². The summed E-state index contributed by atoms with van der Waals surface area (Å²) in [5.74, 6) is 0.763. The van der Waals surface area contributed by atoms with Crippen molar-refractivity contribution in [1.29, 1.82) is 0 Å². The zero-order valence-corrected chi connectivity index (χ0v) is 16.4. The Morgan fingerprint density at radius 3 is 2.46 bits per heavy atom. The topological polar surface area (TPSA) is 59.1 Å². The highest BCUT2D eigenvalue weighted by Gasteiger charge is 2.37. The summed E-state index contributed by atoms with van der Waals surface area (Å²) in [7, 11) is 1.77. The Morgan fingerprint density at radius 2 is 1.88 bits per heavy atom. The second-order valence-corrected chi connectivity index (χ2v) is 7.60. The highest BCUT2D eigenvalue weighted by molar-refractivity contribution is 5.86. The van der Waals surface area contributed by atoms with Gasteiger partial charge in [-0.15, -0.1) is 0 Å². The van der Waals surface area contributed by atoms with Gasteiger partial charge in [-0.05, 0) is 58.2 Å². The van der Waals surface area contributed by atoms with Gasteiger partial charge in [0.1, 0.15) is 17.4 Å². The van der Waals surface area contributed by atoms with E-state index in [-0.39, 0.29) is 5.91 Å². The third kappa shape index (κ3) is 5.38. The second-order valence-electron chi connectivity index (χ2n) is 7.60. The molecule has 0 N–H and O–H groups in total. The van der Waals surface area contributed by atoms with E-state index in [1.54, 1.807) is 16.8 Å². The first-order valence-corrected chi connectivity index (χ1v) is 9.17. The number of likely N-dealkylation sites (N-methyl/N-ethyl adjacent to an activating group) is 1. The number of benzene rings is 1. The van der Waals surface area contributed by atoms with Gasteiger partial charge in [-0.1, -0.05) is 12.1 Å². The third-order valence-electron chi connectivity index (χ3n) is 4.20. The lowest BCUT2D eigenvalue weighted by molar-refractivity contribution is -0.135. The fourth-order valence-electron chi connectivity index (χ4n) is 3.03. The monoisotopic (exact) mass is 362 g/mol. The van der Waals surface area contributed by atoms with Crippen LogP contribution in [0.15, 0.2) is 24.3 Å². The molecular weight excluding hydrogens is 332 g/mol. The largest absolute Gasteiger partial charge is 0.494 e. The Hall–Kier alpha value is -2.24. The summed E-state index contributed by atoms with van der Waals surface area (Å²) in [6.45, 7) is 9.10. The first-order chi connectivity index (χ1) is 12.2. The second kappa shape index (κ2) is 8.43. The smallest absolute Gasteiger partial charge is 0.410 e. The Balaban J connectivity index is 1.98. The van der Waals surface area contributed by atoms with Gasteiger partial charge in [0.25, 0.3) is 0 Å². The van der Waals surface area contributed by atoms with Gasteiger partial charge in [0, 0.05) is 20.1 Å². The maximum Gasteiger partial charge on any atom is 0.410 e. The number of hydrogen-bond acceptors (Lipinski definition) is 4. The molecule has 1 unspecified atom stereocenters. The molecule has 1 atom stereocenters. The van der Waals surface area contributed by atoms with Gasteiger partial charge in [-0.25, -0.2) is 4.79 Å². The molecule has 6 nitrogen and oxygen atoms in total. The van der Waals surface area contributed by atoms with Crippen molar-refractivity contribution in [3.8, 4) is 5.75 Å². The molecule has 1 aromatic carbocycles. The maximum absolute atomic E-state index is 12.9. The van der Waals surface area contributed by atoms with Gasteiger partial charge in [-0.2, -0.15) is 0 Å². The van der Waals surface area contributed by atoms with Gasteiger partial charge < -0.3 is 14.4 Å². The summed E-state index contributed by atoms with van der Waals surface area (Å²) < 4.78 is 10.9. The van der Waals surface area contributed by atoms with Crippen LogP contribution in [0.1, 0.15) is 46.1 Å². The van der Waals surface area contributed by atoms with E-state index in [1.165, 1.54) is 0 Å². The molecule has 26 heavy (non-hydrogen) atoms. The van der Waals surface area contributed by atoms with Gasteiger partial charge >= 0.3 is 6.09 Å². The molecule has 2 rings (SSSR count). The van der Waals surface area contributed by atoms with Crippen LogP contribution in [0.2, 0.25) is 0 Å². The predicted octanol–water partition coefficient (Wildman–Crippen LogP) is 3.44. The molecule has 6 heteroatoms. The average Bonchev–Trinajstić information content (AvgIpc) is 3.04. The minimum absolute atomic E-state index is 0.0535. The van der Waals surface area contributed by atoms with Crippen LogP contribution in [0.3, 0.4) is 0 Å². The molecular formula is C20H30N2O4. The standard InChI is InChI=1S/C20H30N2O4/c1-6-25-16-11-9-15(10-12-16)14-21(5)18(23)17-8-7-13-22(17)19(24)26-20(2,3)4/h9-12,17H,6-8,13-14H2,1-5H3. The van der Waals surface area contributed by atoms with Crippen molar-refractivity contribution >= 4 is 12.0 Å². The number of carbonyl (C=O) groups excluding carboxylic acids is 2. The van der Waals surface area contributed by atoms with E-state index in [1.807, 2.05) is 52.0 Å². The minimum Gasteiger partial charge on any atom is -0.494 e. The number of rotatable bonds is 5. The zero-order valence-electron chi connectivity index (χ0n) is 16.4. The van der Waals surface area contributed by atoms with E-state index in [0.717, 1.165) is 17.7 Å². The fourth-order valence-corrected chi connectivity index (χ4v) is 3.03. The molecule has 0 radical (unpaired) electrons. The highest BCUT2D eigenvalue weighted by Crippen LogP contribution is 2.23. The Bertz CT molecular complexity index is 622.